The van der Waals surface area contributed by atoms with Crippen LogP contribution in [0.4, 0.5) is 5.69 Å². The van der Waals surface area contributed by atoms with Crippen molar-refractivity contribution >= 4 is 17.4 Å². The molecule has 0 bridgehead atoms. The minimum atomic E-state index is -0.343. The number of para-hydroxylation sites is 1. The van der Waals surface area contributed by atoms with Crippen LogP contribution in [-0.2, 0) is 0 Å². The van der Waals surface area contributed by atoms with E-state index >= 15 is 0 Å². The summed E-state index contributed by atoms with van der Waals surface area (Å²) in [6, 6.07) is 12.4. The van der Waals surface area contributed by atoms with Crippen molar-refractivity contribution in [3.63, 3.8) is 0 Å². The lowest BCUT2D eigenvalue weighted by Crippen LogP contribution is -2.19. The number of aromatic nitrogens is 3. The first-order valence-electron chi connectivity index (χ1n) is 8.46. The monoisotopic (exact) mass is 364 g/mol. The molecular formula is C20H20N4OS. The molecule has 4 rings (SSSR count). The number of hydrogen-bond donors (Lipinski definition) is 1. The fourth-order valence-electron chi connectivity index (χ4n) is 3.47. The Morgan fingerprint density at radius 1 is 1.04 bits per heavy atom. The summed E-state index contributed by atoms with van der Waals surface area (Å²) < 4.78 is 6.33. The molecule has 132 valence electrons. The second-order valence-corrected chi connectivity index (χ2v) is 7.23. The summed E-state index contributed by atoms with van der Waals surface area (Å²) in [5.41, 5.74) is 7.31. The number of nitrogens with one attached hydrogen (secondary N) is 1. The Morgan fingerprint density at radius 3 is 2.50 bits per heavy atom. The molecule has 0 spiro atoms. The van der Waals surface area contributed by atoms with Gasteiger partial charge in [-0.25, -0.2) is 0 Å². The quantitative estimate of drug-likeness (QED) is 0.666. The van der Waals surface area contributed by atoms with Crippen LogP contribution >= 0.6 is 11.8 Å². The van der Waals surface area contributed by atoms with Gasteiger partial charge in [-0.3, -0.25) is 0 Å². The second-order valence-electron chi connectivity index (χ2n) is 6.45. The second kappa shape index (κ2) is 6.61. The predicted octanol–water partition coefficient (Wildman–Crippen LogP) is 4.69. The normalized spacial score (nSPS) is 15.3. The largest absolute Gasteiger partial charge is 0.448 e. The van der Waals surface area contributed by atoms with E-state index in [2.05, 4.69) is 53.4 Å². The molecule has 5 nitrogen and oxygen atoms in total. The van der Waals surface area contributed by atoms with Crippen molar-refractivity contribution in [2.75, 3.05) is 11.6 Å². The van der Waals surface area contributed by atoms with Gasteiger partial charge in [0.15, 0.2) is 11.9 Å². The van der Waals surface area contributed by atoms with Gasteiger partial charge in [0, 0.05) is 16.8 Å². The molecule has 0 saturated carbocycles. The van der Waals surface area contributed by atoms with Gasteiger partial charge in [-0.05, 0) is 44.2 Å². The molecule has 2 heterocycles. The zero-order valence-corrected chi connectivity index (χ0v) is 16.0. The fourth-order valence-corrected chi connectivity index (χ4v) is 3.77. The molecule has 1 aliphatic heterocycles. The minimum absolute atomic E-state index is 0.343. The van der Waals surface area contributed by atoms with E-state index in [1.807, 2.05) is 30.5 Å². The molecule has 1 aliphatic rings. The molecule has 1 N–H and O–H groups in total. The molecule has 1 atom stereocenters. The number of hydrogen-bond acceptors (Lipinski definition) is 6. The van der Waals surface area contributed by atoms with Gasteiger partial charge in [0.2, 0.25) is 11.0 Å². The Hall–Kier alpha value is -2.60. The third-order valence-electron chi connectivity index (χ3n) is 4.52. The SMILES string of the molecule is CSc1nnc2c(n1)O[C@H](c1c(C)cc(C)cc1C)Nc1ccccc1-2. The summed E-state index contributed by atoms with van der Waals surface area (Å²) in [4.78, 5) is 4.57. The van der Waals surface area contributed by atoms with Crippen molar-refractivity contribution in [1.29, 1.82) is 0 Å². The highest BCUT2D eigenvalue weighted by Crippen LogP contribution is 2.40. The van der Waals surface area contributed by atoms with Crippen LogP contribution in [0.15, 0.2) is 41.6 Å². The maximum atomic E-state index is 6.33. The number of rotatable bonds is 2. The Kier molecular flexibility index (Phi) is 4.28. The maximum absolute atomic E-state index is 6.33. The van der Waals surface area contributed by atoms with Crippen molar-refractivity contribution in [2.24, 2.45) is 0 Å². The van der Waals surface area contributed by atoms with Gasteiger partial charge >= 0.3 is 0 Å². The van der Waals surface area contributed by atoms with Gasteiger partial charge in [0.25, 0.3) is 0 Å². The maximum Gasteiger partial charge on any atom is 0.247 e. The van der Waals surface area contributed by atoms with Crippen LogP contribution in [0.25, 0.3) is 11.3 Å². The number of thioether (sulfide) groups is 1. The molecule has 0 fully saturated rings. The van der Waals surface area contributed by atoms with E-state index in [1.165, 1.54) is 28.5 Å². The summed E-state index contributed by atoms with van der Waals surface area (Å²) in [7, 11) is 0. The molecule has 1 aromatic heterocycles. The van der Waals surface area contributed by atoms with Gasteiger partial charge in [-0.1, -0.05) is 47.7 Å². The highest BCUT2D eigenvalue weighted by atomic mass is 32.2. The Labute approximate surface area is 157 Å². The van der Waals surface area contributed by atoms with Crippen molar-refractivity contribution in [3.05, 3.63) is 58.7 Å². The van der Waals surface area contributed by atoms with Crippen LogP contribution in [0.1, 0.15) is 28.5 Å². The summed E-state index contributed by atoms with van der Waals surface area (Å²) in [5, 5.41) is 12.7. The smallest absolute Gasteiger partial charge is 0.247 e. The minimum Gasteiger partial charge on any atom is -0.448 e. The highest BCUT2D eigenvalue weighted by molar-refractivity contribution is 7.98. The zero-order chi connectivity index (χ0) is 18.3. The first kappa shape index (κ1) is 16.8. The van der Waals surface area contributed by atoms with E-state index in [0.29, 0.717) is 16.7 Å². The summed E-state index contributed by atoms with van der Waals surface area (Å²) >= 11 is 1.45. The van der Waals surface area contributed by atoms with E-state index in [-0.39, 0.29) is 6.23 Å². The van der Waals surface area contributed by atoms with E-state index in [4.69, 9.17) is 4.74 Å². The molecule has 6 heteroatoms. The average molecular weight is 364 g/mol. The highest BCUT2D eigenvalue weighted by Gasteiger charge is 2.27. The lowest BCUT2D eigenvalue weighted by molar-refractivity contribution is 0.224. The number of anilines is 1. The first-order chi connectivity index (χ1) is 12.6. The van der Waals surface area contributed by atoms with Gasteiger partial charge in [-0.2, -0.15) is 4.98 Å². The van der Waals surface area contributed by atoms with Crippen LogP contribution in [0.5, 0.6) is 5.88 Å². The number of benzene rings is 2. The molecular weight excluding hydrogens is 344 g/mol. The predicted molar refractivity (Wildman–Crippen MR) is 105 cm³/mol. The molecule has 0 saturated heterocycles. The zero-order valence-electron chi connectivity index (χ0n) is 15.2. The van der Waals surface area contributed by atoms with Gasteiger partial charge in [-0.15, -0.1) is 10.2 Å². The van der Waals surface area contributed by atoms with Crippen LogP contribution in [0, 0.1) is 20.8 Å². The molecule has 26 heavy (non-hydrogen) atoms. The molecule has 2 aromatic carbocycles. The van der Waals surface area contributed by atoms with E-state index < -0.39 is 0 Å². The topological polar surface area (TPSA) is 59.9 Å². The Morgan fingerprint density at radius 2 is 1.77 bits per heavy atom. The lowest BCUT2D eigenvalue weighted by atomic mass is 9.98. The van der Waals surface area contributed by atoms with Crippen molar-refractivity contribution in [3.8, 4) is 17.1 Å². The van der Waals surface area contributed by atoms with Gasteiger partial charge in [0.1, 0.15) is 0 Å². The summed E-state index contributed by atoms with van der Waals surface area (Å²) in [6.07, 6.45) is 1.59. The summed E-state index contributed by atoms with van der Waals surface area (Å²) in [5.74, 6) is 0.506. The van der Waals surface area contributed by atoms with E-state index in [0.717, 1.165) is 16.8 Å². The number of fused-ring (bicyclic) bond motifs is 3. The number of aryl methyl sites for hydroxylation is 3. The first-order valence-corrected chi connectivity index (χ1v) is 9.68. The molecule has 3 aromatic rings. The Balaban J connectivity index is 1.90. The van der Waals surface area contributed by atoms with E-state index in [9.17, 15) is 0 Å². The van der Waals surface area contributed by atoms with Crippen LogP contribution in [0.2, 0.25) is 0 Å². The average Bonchev–Trinajstić information content (AvgIpc) is 2.76. The van der Waals surface area contributed by atoms with E-state index in [1.54, 1.807) is 0 Å². The number of ether oxygens (including phenoxy) is 1. The molecule has 0 radical (unpaired) electrons. The van der Waals surface area contributed by atoms with Crippen LogP contribution in [0.3, 0.4) is 0 Å². The fraction of sp³-hybridized carbons (Fsp3) is 0.250. The molecule has 0 unspecified atom stereocenters. The number of nitrogens with zero attached hydrogens (tertiary/aromatic N) is 3. The molecule has 0 amide bonds. The third kappa shape index (κ3) is 2.90. The molecule has 0 aliphatic carbocycles. The van der Waals surface area contributed by atoms with Crippen LogP contribution < -0.4 is 10.1 Å². The van der Waals surface area contributed by atoms with Gasteiger partial charge < -0.3 is 10.1 Å². The summed E-state index contributed by atoms with van der Waals surface area (Å²) in [6.45, 7) is 6.34. The Bertz CT molecular complexity index is 966. The lowest BCUT2D eigenvalue weighted by Gasteiger charge is -2.23. The third-order valence-corrected chi connectivity index (χ3v) is 5.05. The van der Waals surface area contributed by atoms with Crippen LogP contribution in [-0.4, -0.2) is 21.4 Å². The standard InChI is InChI=1S/C20H20N4OS/c1-11-9-12(2)16(13(3)10-11)18-21-15-8-6-5-7-14(15)17-19(25-18)22-20(26-4)24-23-17/h5-10,18,21H,1-4H3/t18-/m1/s1. The van der Waals surface area contributed by atoms with Gasteiger partial charge in [0.05, 0.1) is 0 Å². The van der Waals surface area contributed by atoms with Crippen molar-refractivity contribution in [1.82, 2.24) is 15.2 Å². The van der Waals surface area contributed by atoms with Crippen molar-refractivity contribution in [2.45, 2.75) is 32.2 Å². The van der Waals surface area contributed by atoms with Crippen molar-refractivity contribution < 1.29 is 4.74 Å².